The minimum absolute atomic E-state index is 0.143. The lowest BCUT2D eigenvalue weighted by Crippen LogP contribution is -2.18. The molecule has 0 saturated heterocycles. The standard InChI is InChI=1S/C16H18FNO/c1-12(10-13-6-4-3-5-7-13)18-16-11-14(19-2)8-9-15(16)17/h3-9,11-12,18H,10H2,1-2H3. The normalized spacial score (nSPS) is 11.9. The third kappa shape index (κ3) is 3.71. The van der Waals surface area contributed by atoms with Gasteiger partial charge in [-0.3, -0.25) is 0 Å². The molecule has 3 heteroatoms. The van der Waals surface area contributed by atoms with Gasteiger partial charge in [-0.2, -0.15) is 0 Å². The van der Waals surface area contributed by atoms with Gasteiger partial charge in [0.2, 0.25) is 0 Å². The van der Waals surface area contributed by atoms with Gasteiger partial charge >= 0.3 is 0 Å². The predicted molar refractivity (Wildman–Crippen MR) is 76.2 cm³/mol. The highest BCUT2D eigenvalue weighted by Gasteiger charge is 2.08. The first-order valence-electron chi connectivity index (χ1n) is 6.33. The van der Waals surface area contributed by atoms with E-state index in [-0.39, 0.29) is 11.9 Å². The molecule has 0 aromatic heterocycles. The number of nitrogens with one attached hydrogen (secondary N) is 1. The molecule has 1 unspecified atom stereocenters. The zero-order valence-corrected chi connectivity index (χ0v) is 11.2. The minimum atomic E-state index is -0.263. The van der Waals surface area contributed by atoms with Crippen LogP contribution in [0, 0.1) is 5.82 Å². The lowest BCUT2D eigenvalue weighted by molar-refractivity contribution is 0.414. The van der Waals surface area contributed by atoms with E-state index in [9.17, 15) is 4.39 Å². The fourth-order valence-electron chi connectivity index (χ4n) is 2.03. The summed E-state index contributed by atoms with van der Waals surface area (Å²) in [6.07, 6.45) is 0.845. The molecule has 2 aromatic carbocycles. The van der Waals surface area contributed by atoms with E-state index in [2.05, 4.69) is 17.4 Å². The Bertz CT molecular complexity index is 528. The molecule has 0 saturated carbocycles. The van der Waals surface area contributed by atoms with Crippen molar-refractivity contribution in [3.8, 4) is 5.75 Å². The second-order valence-corrected chi connectivity index (χ2v) is 4.58. The molecular weight excluding hydrogens is 241 g/mol. The van der Waals surface area contributed by atoms with Crippen LogP contribution in [0.3, 0.4) is 0 Å². The molecule has 0 radical (unpaired) electrons. The third-order valence-electron chi connectivity index (χ3n) is 2.96. The van der Waals surface area contributed by atoms with Gasteiger partial charge in [0, 0.05) is 12.1 Å². The summed E-state index contributed by atoms with van der Waals surface area (Å²) in [6, 6.07) is 15.0. The summed E-state index contributed by atoms with van der Waals surface area (Å²) >= 11 is 0. The van der Waals surface area contributed by atoms with Crippen molar-refractivity contribution in [3.05, 3.63) is 59.9 Å². The Labute approximate surface area is 113 Å². The van der Waals surface area contributed by atoms with Crippen molar-refractivity contribution in [1.82, 2.24) is 0 Å². The molecule has 100 valence electrons. The van der Waals surface area contributed by atoms with Crippen molar-refractivity contribution in [3.63, 3.8) is 0 Å². The van der Waals surface area contributed by atoms with Crippen LogP contribution in [0.2, 0.25) is 0 Å². The molecular formula is C16H18FNO. The molecule has 0 fully saturated rings. The Balaban J connectivity index is 2.04. The smallest absolute Gasteiger partial charge is 0.146 e. The lowest BCUT2D eigenvalue weighted by atomic mass is 10.1. The van der Waals surface area contributed by atoms with Crippen LogP contribution in [0.4, 0.5) is 10.1 Å². The zero-order chi connectivity index (χ0) is 13.7. The molecule has 0 aliphatic heterocycles. The van der Waals surface area contributed by atoms with Crippen LogP contribution in [-0.2, 0) is 6.42 Å². The Kier molecular flexibility index (Phi) is 4.39. The number of ether oxygens (including phenoxy) is 1. The highest BCUT2D eigenvalue weighted by atomic mass is 19.1. The van der Waals surface area contributed by atoms with Gasteiger partial charge in [-0.05, 0) is 31.0 Å². The molecule has 0 spiro atoms. The maximum Gasteiger partial charge on any atom is 0.146 e. The number of halogens is 1. The number of benzene rings is 2. The molecule has 0 heterocycles. The molecule has 2 nitrogen and oxygen atoms in total. The SMILES string of the molecule is COc1ccc(F)c(NC(C)Cc2ccccc2)c1. The zero-order valence-electron chi connectivity index (χ0n) is 11.2. The van der Waals surface area contributed by atoms with Crippen molar-refractivity contribution in [2.24, 2.45) is 0 Å². The molecule has 0 amide bonds. The Morgan fingerprint density at radius 2 is 1.89 bits per heavy atom. The number of methoxy groups -OCH3 is 1. The van der Waals surface area contributed by atoms with E-state index in [4.69, 9.17) is 4.74 Å². The molecule has 2 rings (SSSR count). The summed E-state index contributed by atoms with van der Waals surface area (Å²) in [4.78, 5) is 0. The maximum atomic E-state index is 13.7. The number of hydrogen-bond donors (Lipinski definition) is 1. The van der Waals surface area contributed by atoms with E-state index in [1.54, 1.807) is 19.2 Å². The number of hydrogen-bond acceptors (Lipinski definition) is 2. The topological polar surface area (TPSA) is 21.3 Å². The largest absolute Gasteiger partial charge is 0.497 e. The van der Waals surface area contributed by atoms with Gasteiger partial charge in [0.25, 0.3) is 0 Å². The quantitative estimate of drug-likeness (QED) is 0.880. The summed E-state index contributed by atoms with van der Waals surface area (Å²) in [7, 11) is 1.57. The highest BCUT2D eigenvalue weighted by molar-refractivity contribution is 5.50. The summed E-state index contributed by atoms with van der Waals surface area (Å²) in [5.74, 6) is 0.386. The Morgan fingerprint density at radius 1 is 1.16 bits per heavy atom. The first-order valence-corrected chi connectivity index (χ1v) is 6.33. The van der Waals surface area contributed by atoms with Gasteiger partial charge in [-0.1, -0.05) is 30.3 Å². The van der Waals surface area contributed by atoms with Crippen LogP contribution in [0.5, 0.6) is 5.75 Å². The predicted octanol–water partition coefficient (Wildman–Crippen LogP) is 3.88. The monoisotopic (exact) mass is 259 g/mol. The number of rotatable bonds is 5. The second-order valence-electron chi connectivity index (χ2n) is 4.58. The Morgan fingerprint density at radius 3 is 2.58 bits per heavy atom. The van der Waals surface area contributed by atoms with Gasteiger partial charge in [-0.15, -0.1) is 0 Å². The molecule has 0 aliphatic rings. The summed E-state index contributed by atoms with van der Waals surface area (Å²) in [6.45, 7) is 2.03. The molecule has 1 N–H and O–H groups in total. The van der Waals surface area contributed by atoms with Crippen molar-refractivity contribution in [2.75, 3.05) is 12.4 Å². The lowest BCUT2D eigenvalue weighted by Gasteiger charge is -2.16. The van der Waals surface area contributed by atoms with Crippen LogP contribution in [0.1, 0.15) is 12.5 Å². The molecule has 0 aliphatic carbocycles. The highest BCUT2D eigenvalue weighted by Crippen LogP contribution is 2.22. The fraction of sp³-hybridized carbons (Fsp3) is 0.250. The van der Waals surface area contributed by atoms with Crippen molar-refractivity contribution in [2.45, 2.75) is 19.4 Å². The van der Waals surface area contributed by atoms with E-state index in [0.29, 0.717) is 11.4 Å². The van der Waals surface area contributed by atoms with E-state index >= 15 is 0 Å². The molecule has 19 heavy (non-hydrogen) atoms. The summed E-state index contributed by atoms with van der Waals surface area (Å²) < 4.78 is 18.8. The molecule has 2 aromatic rings. The van der Waals surface area contributed by atoms with Crippen LogP contribution < -0.4 is 10.1 Å². The molecule has 1 atom stereocenters. The maximum absolute atomic E-state index is 13.7. The van der Waals surface area contributed by atoms with E-state index in [1.807, 2.05) is 25.1 Å². The first kappa shape index (κ1) is 13.4. The van der Waals surface area contributed by atoms with E-state index in [1.165, 1.54) is 11.6 Å². The summed E-state index contributed by atoms with van der Waals surface area (Å²) in [5, 5.41) is 3.18. The van der Waals surface area contributed by atoms with E-state index in [0.717, 1.165) is 6.42 Å². The third-order valence-corrected chi connectivity index (χ3v) is 2.96. The van der Waals surface area contributed by atoms with Crippen LogP contribution >= 0.6 is 0 Å². The van der Waals surface area contributed by atoms with Crippen molar-refractivity contribution < 1.29 is 9.13 Å². The molecule has 0 bridgehead atoms. The van der Waals surface area contributed by atoms with Crippen molar-refractivity contribution >= 4 is 5.69 Å². The van der Waals surface area contributed by atoms with E-state index < -0.39 is 0 Å². The Hall–Kier alpha value is -2.03. The average Bonchev–Trinajstić information content (AvgIpc) is 2.42. The second kappa shape index (κ2) is 6.23. The van der Waals surface area contributed by atoms with Crippen LogP contribution in [0.15, 0.2) is 48.5 Å². The van der Waals surface area contributed by atoms with Gasteiger partial charge in [0.1, 0.15) is 11.6 Å². The van der Waals surface area contributed by atoms with Gasteiger partial charge in [0.05, 0.1) is 12.8 Å². The van der Waals surface area contributed by atoms with Gasteiger partial charge in [-0.25, -0.2) is 4.39 Å². The average molecular weight is 259 g/mol. The number of anilines is 1. The minimum Gasteiger partial charge on any atom is -0.497 e. The summed E-state index contributed by atoms with van der Waals surface area (Å²) in [5.41, 5.74) is 1.70. The van der Waals surface area contributed by atoms with Crippen molar-refractivity contribution in [1.29, 1.82) is 0 Å². The van der Waals surface area contributed by atoms with Crippen LogP contribution in [-0.4, -0.2) is 13.2 Å². The van der Waals surface area contributed by atoms with Gasteiger partial charge in [0.15, 0.2) is 0 Å². The van der Waals surface area contributed by atoms with Gasteiger partial charge < -0.3 is 10.1 Å². The first-order chi connectivity index (χ1) is 9.19. The van der Waals surface area contributed by atoms with Crippen LogP contribution in [0.25, 0.3) is 0 Å². The fourth-order valence-corrected chi connectivity index (χ4v) is 2.03.